The van der Waals surface area contributed by atoms with E-state index in [4.69, 9.17) is 10.5 Å². The maximum absolute atomic E-state index is 5.96. The molecule has 18 heavy (non-hydrogen) atoms. The lowest BCUT2D eigenvalue weighted by Crippen LogP contribution is -2.08. The van der Waals surface area contributed by atoms with E-state index in [-0.39, 0.29) is 6.04 Å². The molecule has 0 bridgehead atoms. The molecule has 1 heterocycles. The van der Waals surface area contributed by atoms with Crippen LogP contribution in [0.5, 0.6) is 5.75 Å². The molecule has 4 heteroatoms. The van der Waals surface area contributed by atoms with Crippen LogP contribution in [0, 0.1) is 6.92 Å². The van der Waals surface area contributed by atoms with Gasteiger partial charge in [-0.05, 0) is 31.0 Å². The molecule has 96 valence electrons. The fourth-order valence-corrected chi connectivity index (χ4v) is 2.34. The van der Waals surface area contributed by atoms with E-state index in [1.54, 1.807) is 11.3 Å². The molecule has 0 unspecified atom stereocenters. The molecule has 0 saturated carbocycles. The summed E-state index contributed by atoms with van der Waals surface area (Å²) in [4.78, 5) is 4.36. The molecule has 0 amide bonds. The lowest BCUT2D eigenvalue weighted by molar-refractivity contribution is 0.305. The topological polar surface area (TPSA) is 48.1 Å². The zero-order valence-corrected chi connectivity index (χ0v) is 11.5. The molecule has 0 spiro atoms. The van der Waals surface area contributed by atoms with Crippen LogP contribution in [0.4, 0.5) is 0 Å². The van der Waals surface area contributed by atoms with Crippen molar-refractivity contribution in [2.24, 2.45) is 5.73 Å². The van der Waals surface area contributed by atoms with Gasteiger partial charge in [-0.15, -0.1) is 11.3 Å². The third-order valence-electron chi connectivity index (χ3n) is 2.78. The molecule has 0 fully saturated rings. The van der Waals surface area contributed by atoms with Gasteiger partial charge in [0.15, 0.2) is 0 Å². The SMILES string of the molecule is CC[C@H](N)c1ccc(OCc2nc(C)cs2)cc1. The van der Waals surface area contributed by atoms with E-state index in [9.17, 15) is 0 Å². The smallest absolute Gasteiger partial charge is 0.140 e. The highest BCUT2D eigenvalue weighted by Crippen LogP contribution is 2.19. The summed E-state index contributed by atoms with van der Waals surface area (Å²) in [6.45, 7) is 4.60. The minimum atomic E-state index is 0.112. The summed E-state index contributed by atoms with van der Waals surface area (Å²) in [6, 6.07) is 8.09. The number of nitrogens with zero attached hydrogens (tertiary/aromatic N) is 1. The molecular formula is C14H18N2OS. The zero-order chi connectivity index (χ0) is 13.0. The first-order valence-corrected chi connectivity index (χ1v) is 6.96. The number of rotatable bonds is 5. The Morgan fingerprint density at radius 1 is 1.33 bits per heavy atom. The van der Waals surface area contributed by atoms with E-state index >= 15 is 0 Å². The number of ether oxygens (including phenoxy) is 1. The standard InChI is InChI=1S/C14H18N2OS/c1-3-13(15)11-4-6-12(7-5-11)17-8-14-16-10(2)9-18-14/h4-7,9,13H,3,8,15H2,1-2H3/t13-/m0/s1. The van der Waals surface area contributed by atoms with E-state index in [0.717, 1.165) is 28.4 Å². The first-order valence-electron chi connectivity index (χ1n) is 6.08. The highest BCUT2D eigenvalue weighted by molar-refractivity contribution is 7.09. The monoisotopic (exact) mass is 262 g/mol. The van der Waals surface area contributed by atoms with Crippen LogP contribution in [-0.2, 0) is 6.61 Å². The molecular weight excluding hydrogens is 244 g/mol. The average Bonchev–Trinajstić information content (AvgIpc) is 2.82. The number of hydrogen-bond acceptors (Lipinski definition) is 4. The van der Waals surface area contributed by atoms with Crippen LogP contribution < -0.4 is 10.5 Å². The Balaban J connectivity index is 1.94. The number of hydrogen-bond donors (Lipinski definition) is 1. The van der Waals surface area contributed by atoms with Gasteiger partial charge in [0.2, 0.25) is 0 Å². The van der Waals surface area contributed by atoms with Crippen molar-refractivity contribution in [2.45, 2.75) is 32.9 Å². The van der Waals surface area contributed by atoms with Crippen LogP contribution in [0.2, 0.25) is 0 Å². The summed E-state index contributed by atoms with van der Waals surface area (Å²) in [7, 11) is 0. The predicted octanol–water partition coefficient (Wildman–Crippen LogP) is 3.44. The van der Waals surface area contributed by atoms with Gasteiger partial charge in [-0.3, -0.25) is 0 Å². The van der Waals surface area contributed by atoms with E-state index < -0.39 is 0 Å². The van der Waals surface area contributed by atoms with Gasteiger partial charge in [0, 0.05) is 17.1 Å². The summed E-state index contributed by atoms with van der Waals surface area (Å²) in [5, 5.41) is 3.03. The largest absolute Gasteiger partial charge is 0.486 e. The van der Waals surface area contributed by atoms with E-state index in [2.05, 4.69) is 11.9 Å². The Hall–Kier alpha value is -1.39. The van der Waals surface area contributed by atoms with Crippen molar-refractivity contribution < 1.29 is 4.74 Å². The number of aryl methyl sites for hydroxylation is 1. The molecule has 2 aromatic rings. The fourth-order valence-electron chi connectivity index (χ4n) is 1.66. The second-order valence-electron chi connectivity index (χ2n) is 4.26. The Kier molecular flexibility index (Phi) is 4.33. The third kappa shape index (κ3) is 3.31. The number of aromatic nitrogens is 1. The van der Waals surface area contributed by atoms with Gasteiger partial charge in [-0.25, -0.2) is 4.98 Å². The Morgan fingerprint density at radius 3 is 2.61 bits per heavy atom. The van der Waals surface area contributed by atoms with E-state index in [1.807, 2.05) is 36.6 Å². The Labute approximate surface area is 112 Å². The molecule has 0 radical (unpaired) electrons. The summed E-state index contributed by atoms with van der Waals surface area (Å²) < 4.78 is 5.68. The minimum Gasteiger partial charge on any atom is -0.486 e. The fraction of sp³-hybridized carbons (Fsp3) is 0.357. The van der Waals surface area contributed by atoms with Crippen LogP contribution in [0.3, 0.4) is 0 Å². The van der Waals surface area contributed by atoms with Crippen molar-refractivity contribution in [3.05, 3.63) is 45.9 Å². The second-order valence-corrected chi connectivity index (χ2v) is 5.20. The molecule has 2 rings (SSSR count). The van der Waals surface area contributed by atoms with Gasteiger partial charge in [-0.2, -0.15) is 0 Å². The normalized spacial score (nSPS) is 12.4. The highest BCUT2D eigenvalue weighted by atomic mass is 32.1. The van der Waals surface area contributed by atoms with Crippen molar-refractivity contribution in [3.63, 3.8) is 0 Å². The van der Waals surface area contributed by atoms with Gasteiger partial charge in [0.1, 0.15) is 17.4 Å². The van der Waals surface area contributed by atoms with Gasteiger partial charge < -0.3 is 10.5 Å². The predicted molar refractivity (Wildman–Crippen MR) is 74.8 cm³/mol. The number of nitrogens with two attached hydrogens (primary N) is 1. The molecule has 1 aromatic carbocycles. The van der Waals surface area contributed by atoms with Gasteiger partial charge in [0.25, 0.3) is 0 Å². The summed E-state index contributed by atoms with van der Waals surface area (Å²) >= 11 is 1.62. The van der Waals surface area contributed by atoms with Gasteiger partial charge in [-0.1, -0.05) is 19.1 Å². The lowest BCUT2D eigenvalue weighted by atomic mass is 10.1. The zero-order valence-electron chi connectivity index (χ0n) is 10.7. The van der Waals surface area contributed by atoms with Crippen LogP contribution in [-0.4, -0.2) is 4.98 Å². The molecule has 3 nitrogen and oxygen atoms in total. The second kappa shape index (κ2) is 5.98. The number of thiazole rings is 1. The molecule has 1 atom stereocenters. The molecule has 0 aliphatic carbocycles. The van der Waals surface area contributed by atoms with Crippen LogP contribution in [0.25, 0.3) is 0 Å². The molecule has 0 aliphatic heterocycles. The first-order chi connectivity index (χ1) is 8.69. The quantitative estimate of drug-likeness (QED) is 0.898. The third-order valence-corrected chi connectivity index (χ3v) is 3.72. The Bertz CT molecular complexity index is 493. The number of benzene rings is 1. The summed E-state index contributed by atoms with van der Waals surface area (Å²) in [5.41, 5.74) is 8.16. The van der Waals surface area contributed by atoms with Gasteiger partial charge in [0.05, 0.1) is 0 Å². The average molecular weight is 262 g/mol. The highest BCUT2D eigenvalue weighted by Gasteiger charge is 2.04. The van der Waals surface area contributed by atoms with Crippen LogP contribution >= 0.6 is 11.3 Å². The summed E-state index contributed by atoms with van der Waals surface area (Å²) in [5.74, 6) is 0.856. The van der Waals surface area contributed by atoms with Crippen LogP contribution in [0.1, 0.15) is 35.7 Å². The maximum Gasteiger partial charge on any atom is 0.140 e. The lowest BCUT2D eigenvalue weighted by Gasteiger charge is -2.10. The van der Waals surface area contributed by atoms with E-state index in [0.29, 0.717) is 6.61 Å². The Morgan fingerprint density at radius 2 is 2.06 bits per heavy atom. The minimum absolute atomic E-state index is 0.112. The van der Waals surface area contributed by atoms with Crippen molar-refractivity contribution in [3.8, 4) is 5.75 Å². The maximum atomic E-state index is 5.96. The summed E-state index contributed by atoms with van der Waals surface area (Å²) in [6.07, 6.45) is 0.943. The molecule has 2 N–H and O–H groups in total. The van der Waals surface area contributed by atoms with Crippen molar-refractivity contribution in [1.29, 1.82) is 0 Å². The van der Waals surface area contributed by atoms with E-state index in [1.165, 1.54) is 0 Å². The van der Waals surface area contributed by atoms with Crippen LogP contribution in [0.15, 0.2) is 29.6 Å². The first kappa shape index (κ1) is 13.1. The van der Waals surface area contributed by atoms with Crippen molar-refractivity contribution in [2.75, 3.05) is 0 Å². The molecule has 0 saturated heterocycles. The molecule has 1 aromatic heterocycles. The van der Waals surface area contributed by atoms with Crippen molar-refractivity contribution in [1.82, 2.24) is 4.98 Å². The molecule has 0 aliphatic rings. The van der Waals surface area contributed by atoms with Gasteiger partial charge >= 0.3 is 0 Å². The van der Waals surface area contributed by atoms with Crippen molar-refractivity contribution >= 4 is 11.3 Å².